The second-order valence-corrected chi connectivity index (χ2v) is 19.0. The van der Waals surface area contributed by atoms with Crippen molar-refractivity contribution in [3.8, 4) is 0 Å². The third kappa shape index (κ3) is 4.27. The lowest BCUT2D eigenvalue weighted by atomic mass is 9.69. The number of halogens is 16. The van der Waals surface area contributed by atoms with E-state index in [-0.39, 0.29) is 0 Å². The molecule has 4 nitrogen and oxygen atoms in total. The molecule has 2 aliphatic carbocycles. The van der Waals surface area contributed by atoms with Crippen LogP contribution in [-0.2, 0) is 9.59 Å². The summed E-state index contributed by atoms with van der Waals surface area (Å²) < 4.78 is -16.5. The number of alkyl halides is 16. The summed E-state index contributed by atoms with van der Waals surface area (Å²) in [6.07, 6.45) is -2.60. The molecule has 20 heteroatoms. The predicted molar refractivity (Wildman–Crippen MR) is 150 cm³/mol. The van der Waals surface area contributed by atoms with Crippen LogP contribution < -0.4 is 0 Å². The van der Waals surface area contributed by atoms with Crippen molar-refractivity contribution in [2.45, 2.75) is 64.8 Å². The molecule has 35 heavy (non-hydrogen) atoms. The predicted octanol–water partition coefficient (Wildman–Crippen LogP) is 9.31. The summed E-state index contributed by atoms with van der Waals surface area (Å²) in [5, 5.41) is 19.5. The minimum atomic E-state index is -2.93. The number of carboxylic acids is 2. The molecule has 0 saturated heterocycles. The molecule has 0 bridgehead atoms. The van der Waals surface area contributed by atoms with E-state index in [0.717, 1.165) is 0 Å². The normalized spacial score (nSPS) is 42.7. The van der Waals surface area contributed by atoms with Gasteiger partial charge in [0, 0.05) is 12.8 Å². The average molecular weight is 819 g/mol. The molecule has 4 unspecified atom stereocenters. The molecule has 2 rings (SSSR count). The lowest BCUT2D eigenvalue weighted by Crippen LogP contribution is -2.79. The zero-order valence-corrected chi connectivity index (χ0v) is 28.0. The fourth-order valence-electron chi connectivity index (χ4n) is 4.00. The molecule has 0 aromatic heterocycles. The largest absolute Gasteiger partial charge is 0.480 e. The Labute approximate surface area is 279 Å². The summed E-state index contributed by atoms with van der Waals surface area (Å²) in [6, 6.07) is 0. The van der Waals surface area contributed by atoms with Gasteiger partial charge in [-0.05, 0) is 6.42 Å². The number of carbonyl (C=O) groups is 2. The fraction of sp³-hybridized carbons (Fsp3) is 0.867. The van der Waals surface area contributed by atoms with Gasteiger partial charge in [-0.15, -0.1) is 23.2 Å². The van der Waals surface area contributed by atoms with Gasteiger partial charge in [-0.1, -0.05) is 162 Å². The summed E-state index contributed by atoms with van der Waals surface area (Å²) >= 11 is 102. The van der Waals surface area contributed by atoms with E-state index < -0.39 is 76.7 Å². The molecule has 0 aliphatic heterocycles. The van der Waals surface area contributed by atoms with Gasteiger partial charge in [0.05, 0.1) is 9.75 Å². The van der Waals surface area contributed by atoms with Crippen LogP contribution in [0.5, 0.6) is 0 Å². The SMILES string of the molecule is O=C(O)C1(Cl)C(Cl)(Cl)CC(Cl)(CC2(Cl)CC(Cl)(Cl)C(Cl)(C(=O)O)C(Cl)(Cl)C2(Cl)Cl)C(Cl)(Cl)C1(Cl)Cl. The van der Waals surface area contributed by atoms with Gasteiger partial charge in [-0.25, -0.2) is 0 Å². The molecule has 2 saturated carbocycles. The van der Waals surface area contributed by atoms with Gasteiger partial charge < -0.3 is 10.2 Å². The first kappa shape index (κ1) is 34.8. The third-order valence-corrected chi connectivity index (χ3v) is 17.0. The minimum Gasteiger partial charge on any atom is -0.480 e. The van der Waals surface area contributed by atoms with Crippen molar-refractivity contribution in [2.24, 2.45) is 0 Å². The third-order valence-electron chi connectivity index (χ3n) is 5.94. The molecule has 0 spiro atoms. The number of carboxylic acid groups (broad SMARTS) is 2. The lowest BCUT2D eigenvalue weighted by Gasteiger charge is -2.63. The van der Waals surface area contributed by atoms with Gasteiger partial charge >= 0.3 is 11.9 Å². The Morgan fingerprint density at radius 1 is 0.486 bits per heavy atom. The van der Waals surface area contributed by atoms with E-state index in [1.54, 1.807) is 0 Å². The summed E-state index contributed by atoms with van der Waals surface area (Å²) in [6.45, 7) is 0. The molecular formula is C15H8Cl16O4. The molecule has 0 amide bonds. The minimum absolute atomic E-state index is 0.868. The van der Waals surface area contributed by atoms with E-state index >= 15 is 0 Å². The smallest absolute Gasteiger partial charge is 0.331 e. The number of hydrogen-bond donors (Lipinski definition) is 2. The van der Waals surface area contributed by atoms with Crippen LogP contribution in [-0.4, -0.2) is 67.6 Å². The van der Waals surface area contributed by atoms with Crippen LogP contribution in [0.25, 0.3) is 0 Å². The van der Waals surface area contributed by atoms with Crippen LogP contribution in [0.15, 0.2) is 0 Å². The van der Waals surface area contributed by atoms with E-state index in [9.17, 15) is 19.8 Å². The zero-order valence-electron chi connectivity index (χ0n) is 15.9. The summed E-state index contributed by atoms with van der Waals surface area (Å²) in [5.41, 5.74) is 0. The van der Waals surface area contributed by atoms with Crippen molar-refractivity contribution in [1.29, 1.82) is 0 Å². The molecule has 0 radical (unpaired) electrons. The first-order chi connectivity index (χ1) is 15.0. The highest BCUT2D eigenvalue weighted by atomic mass is 35.6. The molecule has 0 aromatic carbocycles. The van der Waals surface area contributed by atoms with Gasteiger partial charge in [-0.2, -0.15) is 0 Å². The number of aliphatic carboxylic acids is 2. The Morgan fingerprint density at radius 3 is 0.914 bits per heavy atom. The van der Waals surface area contributed by atoms with E-state index in [2.05, 4.69) is 0 Å². The number of rotatable bonds is 4. The fourth-order valence-corrected chi connectivity index (χ4v) is 11.3. The van der Waals surface area contributed by atoms with Crippen molar-refractivity contribution >= 4 is 198 Å². The molecule has 2 N–H and O–H groups in total. The summed E-state index contributed by atoms with van der Waals surface area (Å²) in [4.78, 5) is 13.5. The Hall–Kier alpha value is 3.58. The number of hydrogen-bond acceptors (Lipinski definition) is 2. The van der Waals surface area contributed by atoms with E-state index in [1.807, 2.05) is 0 Å². The van der Waals surface area contributed by atoms with E-state index in [4.69, 9.17) is 186 Å². The molecule has 2 aliphatic rings. The highest BCUT2D eigenvalue weighted by Gasteiger charge is 2.86. The highest BCUT2D eigenvalue weighted by Crippen LogP contribution is 2.76. The first-order valence-electron chi connectivity index (χ1n) is 8.50. The maximum atomic E-state index is 12.0. The molecule has 4 atom stereocenters. The van der Waals surface area contributed by atoms with Crippen LogP contribution in [0.1, 0.15) is 19.3 Å². The topological polar surface area (TPSA) is 74.6 Å². The molecule has 204 valence electrons. The lowest BCUT2D eigenvalue weighted by molar-refractivity contribution is -0.142. The second-order valence-electron chi connectivity index (χ2n) is 8.09. The molecule has 0 aromatic rings. The van der Waals surface area contributed by atoms with Gasteiger partial charge in [0.1, 0.15) is 0 Å². The maximum Gasteiger partial charge on any atom is 0.331 e. The van der Waals surface area contributed by atoms with Crippen LogP contribution in [0.2, 0.25) is 0 Å². The average Bonchev–Trinajstić information content (AvgIpc) is 2.62. The van der Waals surface area contributed by atoms with Gasteiger partial charge in [-0.3, -0.25) is 9.59 Å². The molecule has 2 fully saturated rings. The summed E-state index contributed by atoms with van der Waals surface area (Å²) in [5.74, 6) is -3.79. The van der Waals surface area contributed by atoms with Crippen molar-refractivity contribution in [2.75, 3.05) is 0 Å². The van der Waals surface area contributed by atoms with Crippen LogP contribution in [0.4, 0.5) is 0 Å². The Morgan fingerprint density at radius 2 is 0.714 bits per heavy atom. The van der Waals surface area contributed by atoms with Crippen molar-refractivity contribution < 1.29 is 19.8 Å². The van der Waals surface area contributed by atoms with Gasteiger partial charge in [0.2, 0.25) is 9.75 Å². The maximum absolute atomic E-state index is 12.0. The first-order valence-corrected chi connectivity index (χ1v) is 14.5. The van der Waals surface area contributed by atoms with Crippen LogP contribution >= 0.6 is 186 Å². The van der Waals surface area contributed by atoms with Crippen molar-refractivity contribution in [3.63, 3.8) is 0 Å². The zero-order chi connectivity index (χ0) is 28.3. The van der Waals surface area contributed by atoms with Crippen LogP contribution in [0, 0.1) is 0 Å². The van der Waals surface area contributed by atoms with Crippen molar-refractivity contribution in [3.05, 3.63) is 0 Å². The monoisotopic (exact) mass is 812 g/mol. The second kappa shape index (κ2) is 9.55. The summed E-state index contributed by atoms with van der Waals surface area (Å²) in [7, 11) is 0. The quantitative estimate of drug-likeness (QED) is 0.278. The Bertz CT molecular complexity index is 877. The molecular weight excluding hydrogens is 811 g/mol. The van der Waals surface area contributed by atoms with Crippen molar-refractivity contribution in [1.82, 2.24) is 0 Å². The Balaban J connectivity index is 2.78. The highest BCUT2D eigenvalue weighted by molar-refractivity contribution is 6.74. The van der Waals surface area contributed by atoms with E-state index in [0.29, 0.717) is 0 Å². The standard InChI is InChI=1S/C15H8Cl16O4/c16-6(2-8(18,19)10(22,4(32)33)14(28,29)12(6,24)25)1-7(17)3-9(20,21)11(23,5(34)35)15(30,31)13(7,26)27/h1-3H2,(H,32,33)(H,34,35). The van der Waals surface area contributed by atoms with E-state index in [1.165, 1.54) is 0 Å². The molecule has 0 heterocycles. The van der Waals surface area contributed by atoms with Crippen LogP contribution in [0.3, 0.4) is 0 Å². The van der Waals surface area contributed by atoms with Gasteiger partial charge in [0.25, 0.3) is 0 Å². The Kier molecular flexibility index (Phi) is 9.49. The van der Waals surface area contributed by atoms with Gasteiger partial charge in [0.15, 0.2) is 26.0 Å².